The summed E-state index contributed by atoms with van der Waals surface area (Å²) in [6, 6.07) is 0. The van der Waals surface area contributed by atoms with E-state index in [1.807, 2.05) is 0 Å². The molecule has 0 saturated heterocycles. The zero-order valence-electron chi connectivity index (χ0n) is 11.8. The predicted molar refractivity (Wildman–Crippen MR) is 74.4 cm³/mol. The molecule has 23 heavy (non-hydrogen) atoms. The number of aromatic amines is 4. The van der Waals surface area contributed by atoms with Crippen LogP contribution in [0.15, 0.2) is 74.9 Å². The largest absolute Gasteiger partial charge is 2.00 e. The number of aromatic nitrogens is 8. The molecule has 4 heterocycles. The van der Waals surface area contributed by atoms with Crippen molar-refractivity contribution in [2.24, 2.45) is 0 Å². The Kier molecular flexibility index (Phi) is 26.8. The van der Waals surface area contributed by atoms with E-state index in [1.54, 1.807) is 74.9 Å². The number of halogens is 2. The van der Waals surface area contributed by atoms with Crippen LogP contribution in [-0.2, 0) is 17.1 Å². The first-order chi connectivity index (χ1) is 10.0. The number of nitrogens with one attached hydrogen (secondary N) is 4. The average Bonchev–Trinajstić information content (AvgIpc) is 3.40. The van der Waals surface area contributed by atoms with E-state index in [-0.39, 0.29) is 65.0 Å². The average molecular weight is 590 g/mol. The fraction of sp³-hybridized carbons (Fsp3) is 0. The van der Waals surface area contributed by atoms with E-state index in [2.05, 4.69) is 39.9 Å². The molecule has 0 unspecified atom stereocenters. The normalized spacial score (nSPS) is 6.96. The molecule has 0 spiro atoms. The molecule has 0 atom stereocenters. The van der Waals surface area contributed by atoms with E-state index < -0.39 is 0 Å². The van der Waals surface area contributed by atoms with Crippen molar-refractivity contribution in [1.29, 1.82) is 0 Å². The van der Waals surface area contributed by atoms with Crippen molar-refractivity contribution < 1.29 is 65.0 Å². The Balaban J connectivity index is -0.000000222. The first kappa shape index (κ1) is 26.7. The van der Waals surface area contributed by atoms with Crippen LogP contribution >= 0.6 is 0 Å². The molecule has 4 aromatic rings. The summed E-state index contributed by atoms with van der Waals surface area (Å²) in [7, 11) is 0. The van der Waals surface area contributed by atoms with Crippen LogP contribution in [0.1, 0.15) is 0 Å². The first-order valence-corrected chi connectivity index (χ1v) is 5.71. The molecular weight excluding hydrogens is 574 g/mol. The van der Waals surface area contributed by atoms with Gasteiger partial charge in [-0.3, -0.25) is 0 Å². The minimum absolute atomic E-state index is 0. The van der Waals surface area contributed by atoms with Gasteiger partial charge < -0.3 is 67.9 Å². The van der Waals surface area contributed by atoms with Gasteiger partial charge in [-0.2, -0.15) is 0 Å². The molecular formula is C12H16CuI2N8. The van der Waals surface area contributed by atoms with E-state index in [4.69, 9.17) is 0 Å². The summed E-state index contributed by atoms with van der Waals surface area (Å²) in [5, 5.41) is 0. The molecule has 0 aromatic carbocycles. The standard InChI is InChI=1S/4C3H4N2.Cu.2HI/c4*1-2-5-3-4-1;;;/h4*1-3H,(H,4,5);;2*1H/q;;;;+2;;/p-2. The number of rotatable bonds is 0. The molecule has 129 valence electrons. The number of nitrogens with zero attached hydrogens (tertiary/aromatic N) is 4. The van der Waals surface area contributed by atoms with E-state index in [1.165, 1.54) is 0 Å². The van der Waals surface area contributed by atoms with Crippen LogP contribution in [0.3, 0.4) is 0 Å². The van der Waals surface area contributed by atoms with Crippen molar-refractivity contribution in [3.63, 3.8) is 0 Å². The van der Waals surface area contributed by atoms with Crippen molar-refractivity contribution in [2.75, 3.05) is 0 Å². The summed E-state index contributed by atoms with van der Waals surface area (Å²) in [6.45, 7) is 0. The van der Waals surface area contributed by atoms with Crippen LogP contribution in [-0.4, -0.2) is 39.9 Å². The first-order valence-electron chi connectivity index (χ1n) is 5.71. The molecule has 0 fully saturated rings. The molecule has 0 amide bonds. The van der Waals surface area contributed by atoms with Gasteiger partial charge in [0.25, 0.3) is 0 Å². The van der Waals surface area contributed by atoms with Crippen LogP contribution < -0.4 is 48.0 Å². The fourth-order valence-electron chi connectivity index (χ4n) is 0.861. The van der Waals surface area contributed by atoms with E-state index in [0.717, 1.165) is 0 Å². The van der Waals surface area contributed by atoms with Crippen LogP contribution in [0.5, 0.6) is 0 Å². The van der Waals surface area contributed by atoms with Gasteiger partial charge in [0, 0.05) is 49.6 Å². The van der Waals surface area contributed by atoms with Gasteiger partial charge in [-0.15, -0.1) is 0 Å². The van der Waals surface area contributed by atoms with E-state index in [9.17, 15) is 0 Å². The van der Waals surface area contributed by atoms with Crippen LogP contribution in [0.25, 0.3) is 0 Å². The molecule has 11 heteroatoms. The Bertz CT molecular complexity index is 366. The smallest absolute Gasteiger partial charge is 1.00 e. The monoisotopic (exact) mass is 589 g/mol. The van der Waals surface area contributed by atoms with Crippen molar-refractivity contribution in [2.45, 2.75) is 0 Å². The van der Waals surface area contributed by atoms with Crippen molar-refractivity contribution in [3.05, 3.63) is 74.9 Å². The SMILES string of the molecule is [Cu+2].[I-].[I-].c1c[nH]cn1.c1c[nH]cn1.c1c[nH]cn1.c1c[nH]cn1. The molecule has 4 rings (SSSR count). The molecule has 0 saturated carbocycles. The van der Waals surface area contributed by atoms with E-state index in [0.29, 0.717) is 0 Å². The summed E-state index contributed by atoms with van der Waals surface area (Å²) in [4.78, 5) is 25.7. The zero-order valence-corrected chi connectivity index (χ0v) is 17.0. The summed E-state index contributed by atoms with van der Waals surface area (Å²) in [6.07, 6.45) is 20.3. The number of hydrogen-bond acceptors (Lipinski definition) is 4. The summed E-state index contributed by atoms with van der Waals surface area (Å²) in [5.74, 6) is 0. The minimum Gasteiger partial charge on any atom is -1.00 e. The van der Waals surface area contributed by atoms with Gasteiger partial charge in [0.15, 0.2) is 0 Å². The zero-order chi connectivity index (χ0) is 14.1. The number of imidazole rings is 4. The van der Waals surface area contributed by atoms with Crippen molar-refractivity contribution in [3.8, 4) is 0 Å². The molecule has 4 N–H and O–H groups in total. The molecule has 4 aromatic heterocycles. The van der Waals surface area contributed by atoms with Crippen LogP contribution in [0.4, 0.5) is 0 Å². The number of hydrogen-bond donors (Lipinski definition) is 4. The quantitative estimate of drug-likeness (QED) is 0.123. The third-order valence-electron chi connectivity index (χ3n) is 1.62. The van der Waals surface area contributed by atoms with E-state index >= 15 is 0 Å². The molecule has 0 aliphatic carbocycles. The van der Waals surface area contributed by atoms with Gasteiger partial charge in [-0.25, -0.2) is 19.9 Å². The van der Waals surface area contributed by atoms with Gasteiger partial charge in [0.1, 0.15) is 0 Å². The van der Waals surface area contributed by atoms with Gasteiger partial charge in [0.05, 0.1) is 25.3 Å². The van der Waals surface area contributed by atoms with Crippen molar-refractivity contribution >= 4 is 0 Å². The molecule has 0 aliphatic rings. The van der Waals surface area contributed by atoms with Crippen LogP contribution in [0, 0.1) is 0 Å². The second-order valence-corrected chi connectivity index (χ2v) is 3.04. The maximum atomic E-state index is 3.67. The molecule has 0 bridgehead atoms. The fourth-order valence-corrected chi connectivity index (χ4v) is 0.861. The minimum atomic E-state index is 0. The third-order valence-corrected chi connectivity index (χ3v) is 1.62. The predicted octanol–water partition coefficient (Wildman–Crippen LogP) is -4.36. The summed E-state index contributed by atoms with van der Waals surface area (Å²) >= 11 is 0. The second-order valence-electron chi connectivity index (χ2n) is 3.04. The maximum absolute atomic E-state index is 3.67. The summed E-state index contributed by atoms with van der Waals surface area (Å²) in [5.41, 5.74) is 0. The summed E-state index contributed by atoms with van der Waals surface area (Å²) < 4.78 is 0. The van der Waals surface area contributed by atoms with Gasteiger partial charge in [-0.1, -0.05) is 0 Å². The number of H-pyrrole nitrogens is 4. The third kappa shape index (κ3) is 20.8. The Labute approximate surface area is 178 Å². The second kappa shape index (κ2) is 23.1. The van der Waals surface area contributed by atoms with Crippen molar-refractivity contribution in [1.82, 2.24) is 39.9 Å². The Hall–Kier alpha value is -1.18. The van der Waals surface area contributed by atoms with Gasteiger partial charge in [-0.05, 0) is 0 Å². The van der Waals surface area contributed by atoms with Gasteiger partial charge >= 0.3 is 17.1 Å². The Morgan fingerprint density at radius 1 is 0.435 bits per heavy atom. The molecule has 1 radical (unpaired) electrons. The maximum Gasteiger partial charge on any atom is 2.00 e. The Morgan fingerprint density at radius 2 is 0.652 bits per heavy atom. The molecule has 0 aliphatic heterocycles. The van der Waals surface area contributed by atoms with Gasteiger partial charge in [0.2, 0.25) is 0 Å². The Morgan fingerprint density at radius 3 is 0.696 bits per heavy atom. The molecule has 8 nitrogen and oxygen atoms in total. The van der Waals surface area contributed by atoms with Crippen LogP contribution in [0.2, 0.25) is 0 Å². The topological polar surface area (TPSA) is 115 Å².